The zero-order valence-corrected chi connectivity index (χ0v) is 20.9. The summed E-state index contributed by atoms with van der Waals surface area (Å²) in [5.74, 6) is 2.44. The van der Waals surface area contributed by atoms with Gasteiger partial charge in [0, 0.05) is 54.9 Å². The first-order valence-electron chi connectivity index (χ1n) is 12.3. The van der Waals surface area contributed by atoms with Crippen LogP contribution in [0.5, 0.6) is 11.5 Å². The van der Waals surface area contributed by atoms with Crippen molar-refractivity contribution in [2.75, 3.05) is 13.1 Å². The molecule has 0 aliphatic carbocycles. The second-order valence-electron chi connectivity index (χ2n) is 9.09. The van der Waals surface area contributed by atoms with Gasteiger partial charge in [0.15, 0.2) is 5.82 Å². The van der Waals surface area contributed by atoms with E-state index in [4.69, 9.17) is 4.74 Å². The predicted octanol–water partition coefficient (Wildman–Crippen LogP) is 3.70. The molecule has 0 atom stereocenters. The number of ether oxygens (including phenoxy) is 1. The van der Waals surface area contributed by atoms with Crippen molar-refractivity contribution in [2.45, 2.75) is 39.7 Å². The van der Waals surface area contributed by atoms with Crippen LogP contribution in [0.15, 0.2) is 48.8 Å². The summed E-state index contributed by atoms with van der Waals surface area (Å²) in [6, 6.07) is 12.8. The normalized spacial score (nSPS) is 13.2. The van der Waals surface area contributed by atoms with Crippen molar-refractivity contribution >= 4 is 11.8 Å². The van der Waals surface area contributed by atoms with E-state index < -0.39 is 0 Å². The summed E-state index contributed by atoms with van der Waals surface area (Å²) in [5, 5.41) is 9.98. The molecule has 1 aliphatic rings. The van der Waals surface area contributed by atoms with Gasteiger partial charge in [-0.15, -0.1) is 0 Å². The highest BCUT2D eigenvalue weighted by atomic mass is 16.5. The largest absolute Gasteiger partial charge is 0.457 e. The second kappa shape index (κ2) is 10.7. The molecule has 0 bridgehead atoms. The lowest BCUT2D eigenvalue weighted by Gasteiger charge is -2.19. The Hall–Kier alpha value is -4.47. The van der Waals surface area contributed by atoms with Crippen LogP contribution in [0.4, 0.5) is 0 Å². The Kier molecular flexibility index (Phi) is 6.98. The van der Waals surface area contributed by atoms with Crippen molar-refractivity contribution in [2.24, 2.45) is 0 Å². The van der Waals surface area contributed by atoms with Crippen molar-refractivity contribution < 1.29 is 14.3 Å². The molecule has 10 heteroatoms. The number of nitrogens with zero attached hydrogens (tertiary/aromatic N) is 4. The summed E-state index contributed by atoms with van der Waals surface area (Å²) in [5.41, 5.74) is 4.11. The number of H-pyrrole nitrogens is 2. The Labute approximate surface area is 214 Å². The molecule has 3 N–H and O–H groups in total. The van der Waals surface area contributed by atoms with E-state index in [1.54, 1.807) is 18.5 Å². The van der Waals surface area contributed by atoms with Gasteiger partial charge in [-0.1, -0.05) is 6.07 Å². The van der Waals surface area contributed by atoms with Crippen molar-refractivity contribution in [3.8, 4) is 22.9 Å². The molecular formula is C27H29N7O3. The van der Waals surface area contributed by atoms with Gasteiger partial charge in [0.05, 0.1) is 12.0 Å². The van der Waals surface area contributed by atoms with Crippen LogP contribution in [0.1, 0.15) is 46.0 Å². The molecule has 3 heterocycles. The first-order valence-corrected chi connectivity index (χ1v) is 12.3. The quantitative estimate of drug-likeness (QED) is 0.322. The molecule has 4 aromatic rings. The molecule has 0 saturated carbocycles. The Morgan fingerprint density at radius 3 is 2.68 bits per heavy atom. The molecule has 37 heavy (non-hydrogen) atoms. The number of amides is 2. The third-order valence-corrected chi connectivity index (χ3v) is 6.38. The van der Waals surface area contributed by atoms with Gasteiger partial charge >= 0.3 is 0 Å². The molecule has 2 aromatic heterocycles. The van der Waals surface area contributed by atoms with Crippen LogP contribution in [0.2, 0.25) is 0 Å². The molecule has 190 valence electrons. The van der Waals surface area contributed by atoms with Gasteiger partial charge in [-0.25, -0.2) is 9.97 Å². The molecule has 0 unspecified atom stereocenters. The van der Waals surface area contributed by atoms with Crippen LogP contribution in [0.25, 0.3) is 11.4 Å². The summed E-state index contributed by atoms with van der Waals surface area (Å²) < 4.78 is 6.24. The molecule has 2 amide bonds. The van der Waals surface area contributed by atoms with Crippen LogP contribution in [0.3, 0.4) is 0 Å². The number of aryl methyl sites for hydroxylation is 2. The van der Waals surface area contributed by atoms with Crippen LogP contribution < -0.4 is 10.1 Å². The Bertz CT molecular complexity index is 1410. The minimum atomic E-state index is -0.197. The molecule has 1 fully saturated rings. The number of hydrogen-bond acceptors (Lipinski definition) is 6. The molecule has 5 rings (SSSR count). The first-order chi connectivity index (χ1) is 18.0. The van der Waals surface area contributed by atoms with E-state index in [1.807, 2.05) is 49.1 Å². The number of benzene rings is 2. The SMILES string of the molecule is Cc1nc(-c2ccc(Oc3cc(C(=O)NCCc4nc[nH]c4C)ccc3CN3CCCC3=O)cc2)n[nH]1. The van der Waals surface area contributed by atoms with Gasteiger partial charge in [-0.05, 0) is 56.7 Å². The average Bonchev–Trinajstić information content (AvgIpc) is 3.63. The molecule has 0 radical (unpaired) electrons. The molecule has 10 nitrogen and oxygen atoms in total. The third-order valence-electron chi connectivity index (χ3n) is 6.38. The lowest BCUT2D eigenvalue weighted by molar-refractivity contribution is -0.128. The summed E-state index contributed by atoms with van der Waals surface area (Å²) in [6.45, 7) is 5.42. The number of aromatic nitrogens is 5. The maximum Gasteiger partial charge on any atom is 0.251 e. The molecule has 2 aromatic carbocycles. The minimum absolute atomic E-state index is 0.132. The highest BCUT2D eigenvalue weighted by molar-refractivity contribution is 5.94. The first kappa shape index (κ1) is 24.2. The van der Waals surface area contributed by atoms with Gasteiger partial charge in [-0.2, -0.15) is 5.10 Å². The molecule has 0 spiro atoms. The van der Waals surface area contributed by atoms with E-state index >= 15 is 0 Å². The lowest BCUT2D eigenvalue weighted by atomic mass is 10.1. The molecular weight excluding hydrogens is 470 g/mol. The van der Waals surface area contributed by atoms with E-state index in [2.05, 4.69) is 30.5 Å². The fourth-order valence-corrected chi connectivity index (χ4v) is 4.30. The minimum Gasteiger partial charge on any atom is -0.457 e. The van der Waals surface area contributed by atoms with Crippen molar-refractivity contribution in [3.63, 3.8) is 0 Å². The second-order valence-corrected chi connectivity index (χ2v) is 9.09. The number of rotatable bonds is 9. The number of hydrogen-bond donors (Lipinski definition) is 3. The van der Waals surface area contributed by atoms with Crippen molar-refractivity contribution in [3.05, 3.63) is 77.1 Å². The highest BCUT2D eigenvalue weighted by Crippen LogP contribution is 2.30. The maximum atomic E-state index is 12.9. The Morgan fingerprint density at radius 1 is 1.16 bits per heavy atom. The third kappa shape index (κ3) is 5.69. The summed E-state index contributed by atoms with van der Waals surface area (Å²) >= 11 is 0. The highest BCUT2D eigenvalue weighted by Gasteiger charge is 2.22. The Balaban J connectivity index is 1.33. The van der Waals surface area contributed by atoms with Crippen molar-refractivity contribution in [1.82, 2.24) is 35.4 Å². The van der Waals surface area contributed by atoms with Crippen LogP contribution in [-0.2, 0) is 17.8 Å². The fourth-order valence-electron chi connectivity index (χ4n) is 4.30. The van der Waals surface area contributed by atoms with Gasteiger partial charge < -0.3 is 19.9 Å². The monoisotopic (exact) mass is 499 g/mol. The van der Waals surface area contributed by atoms with E-state index in [0.717, 1.165) is 41.3 Å². The molecule has 1 saturated heterocycles. The zero-order valence-electron chi connectivity index (χ0n) is 20.9. The van der Waals surface area contributed by atoms with Gasteiger partial charge in [0.25, 0.3) is 5.91 Å². The smallest absolute Gasteiger partial charge is 0.251 e. The predicted molar refractivity (Wildman–Crippen MR) is 137 cm³/mol. The average molecular weight is 500 g/mol. The number of nitrogens with one attached hydrogen (secondary N) is 3. The topological polar surface area (TPSA) is 129 Å². The number of carbonyl (C=O) groups excluding carboxylic acids is 2. The van der Waals surface area contributed by atoms with E-state index in [-0.39, 0.29) is 11.8 Å². The van der Waals surface area contributed by atoms with Crippen molar-refractivity contribution in [1.29, 1.82) is 0 Å². The van der Waals surface area contributed by atoms with Gasteiger partial charge in [-0.3, -0.25) is 14.7 Å². The maximum absolute atomic E-state index is 12.9. The number of carbonyl (C=O) groups is 2. The van der Waals surface area contributed by atoms with E-state index in [1.165, 1.54) is 0 Å². The lowest BCUT2D eigenvalue weighted by Crippen LogP contribution is -2.26. The Morgan fingerprint density at radius 2 is 2.00 bits per heavy atom. The summed E-state index contributed by atoms with van der Waals surface area (Å²) in [6.07, 6.45) is 3.70. The van der Waals surface area contributed by atoms with Gasteiger partial charge in [0.1, 0.15) is 17.3 Å². The van der Waals surface area contributed by atoms with E-state index in [9.17, 15) is 9.59 Å². The van der Waals surface area contributed by atoms with Crippen LogP contribution in [0, 0.1) is 13.8 Å². The number of imidazole rings is 1. The molecule has 1 aliphatic heterocycles. The number of likely N-dealkylation sites (tertiary alicyclic amines) is 1. The van der Waals surface area contributed by atoms with E-state index in [0.29, 0.717) is 48.8 Å². The summed E-state index contributed by atoms with van der Waals surface area (Å²) in [4.78, 5) is 38.6. The fraction of sp³-hybridized carbons (Fsp3) is 0.296. The standard InChI is InChI=1S/C27H29N7O3/c1-17-23(30-16-29-17)11-12-28-27(36)20-5-6-21(15-34-13-3-4-25(34)35)24(14-20)37-22-9-7-19(8-10-22)26-31-18(2)32-33-26/h5-10,14,16H,3-4,11-13,15H2,1-2H3,(H,28,36)(H,29,30)(H,31,32,33). The number of aromatic amines is 2. The summed E-state index contributed by atoms with van der Waals surface area (Å²) in [7, 11) is 0. The van der Waals surface area contributed by atoms with Crippen LogP contribution >= 0.6 is 0 Å². The zero-order chi connectivity index (χ0) is 25.8. The van der Waals surface area contributed by atoms with Crippen LogP contribution in [-0.4, -0.2) is 55.0 Å². The van der Waals surface area contributed by atoms with Gasteiger partial charge in [0.2, 0.25) is 5.91 Å².